The van der Waals surface area contributed by atoms with Crippen LogP contribution < -0.4 is 0 Å². The van der Waals surface area contributed by atoms with Gasteiger partial charge in [-0.1, -0.05) is 12.1 Å². The monoisotopic (exact) mass is 243 g/mol. The lowest BCUT2D eigenvalue weighted by Crippen LogP contribution is -2.04. The Kier molecular flexibility index (Phi) is 2.16. The van der Waals surface area contributed by atoms with E-state index in [9.17, 15) is 4.79 Å². The highest BCUT2D eigenvalue weighted by atomic mass is 16.5. The number of methoxy groups -OCH3 is 1. The number of hydrogen-bond acceptors (Lipinski definition) is 3. The first kappa shape index (κ1) is 10.8. The molecule has 0 N–H and O–H groups in total. The molecule has 1 aromatic carbocycles. The highest BCUT2D eigenvalue weighted by Gasteiger charge is 2.22. The molecule has 0 bridgehead atoms. The van der Waals surface area contributed by atoms with Gasteiger partial charge in [0, 0.05) is 7.05 Å². The van der Waals surface area contributed by atoms with E-state index in [1.165, 1.54) is 7.11 Å². The van der Waals surface area contributed by atoms with E-state index in [2.05, 4.69) is 5.10 Å². The molecule has 2 heterocycles. The topological polar surface area (TPSA) is 48.5 Å². The number of nitrogens with zero attached hydrogens (tertiary/aromatic N) is 3. The zero-order valence-corrected chi connectivity index (χ0v) is 10.5. The Balaban J connectivity index is 2.51. The first-order valence-electron chi connectivity index (χ1n) is 5.66. The van der Waals surface area contributed by atoms with Crippen molar-refractivity contribution in [2.75, 3.05) is 7.11 Å². The van der Waals surface area contributed by atoms with Crippen LogP contribution in [0.3, 0.4) is 0 Å². The van der Waals surface area contributed by atoms with E-state index in [4.69, 9.17) is 4.74 Å². The molecule has 0 aliphatic carbocycles. The fourth-order valence-electron chi connectivity index (χ4n) is 2.37. The quantitative estimate of drug-likeness (QED) is 0.613. The fourth-order valence-corrected chi connectivity index (χ4v) is 2.37. The second-order valence-corrected chi connectivity index (χ2v) is 4.24. The number of hydrogen-bond donors (Lipinski definition) is 0. The number of carbonyl (C=O) groups excluding carboxylic acids is 1. The van der Waals surface area contributed by atoms with E-state index >= 15 is 0 Å². The van der Waals surface area contributed by atoms with Gasteiger partial charge in [0.25, 0.3) is 0 Å². The maximum atomic E-state index is 11.8. The van der Waals surface area contributed by atoms with Gasteiger partial charge in [0.2, 0.25) is 0 Å². The number of ether oxygens (including phenoxy) is 1. The number of fused-ring (bicyclic) bond motifs is 3. The zero-order valence-electron chi connectivity index (χ0n) is 10.5. The van der Waals surface area contributed by atoms with Gasteiger partial charge in [-0.15, -0.1) is 0 Å². The first-order chi connectivity index (χ1) is 8.65. The standard InChI is InChI=1S/C13H13N3O2/c1-8-11(13(17)18-3)12-15(2)9-6-4-5-7-10(9)16(12)14-8/h4-7H,1-3H3. The summed E-state index contributed by atoms with van der Waals surface area (Å²) in [5.74, 6) is -0.353. The number of rotatable bonds is 1. The highest BCUT2D eigenvalue weighted by Crippen LogP contribution is 2.24. The molecule has 0 saturated carbocycles. The van der Waals surface area contributed by atoms with E-state index < -0.39 is 0 Å². The van der Waals surface area contributed by atoms with Gasteiger partial charge < -0.3 is 9.30 Å². The van der Waals surface area contributed by atoms with Gasteiger partial charge >= 0.3 is 5.97 Å². The lowest BCUT2D eigenvalue weighted by molar-refractivity contribution is 0.0601. The average molecular weight is 243 g/mol. The van der Waals surface area contributed by atoms with Crippen LogP contribution in [0, 0.1) is 6.92 Å². The lowest BCUT2D eigenvalue weighted by atomic mass is 10.2. The minimum Gasteiger partial charge on any atom is -0.465 e. The average Bonchev–Trinajstić information content (AvgIpc) is 2.86. The van der Waals surface area contributed by atoms with Crippen molar-refractivity contribution < 1.29 is 9.53 Å². The van der Waals surface area contributed by atoms with Crippen LogP contribution in [0.4, 0.5) is 0 Å². The van der Waals surface area contributed by atoms with Crippen LogP contribution in [0.25, 0.3) is 16.7 Å². The van der Waals surface area contributed by atoms with Gasteiger partial charge in [-0.2, -0.15) is 5.10 Å². The minimum absolute atomic E-state index is 0.353. The van der Waals surface area contributed by atoms with Crippen LogP contribution in [-0.2, 0) is 11.8 Å². The number of aromatic nitrogens is 3. The third-order valence-electron chi connectivity index (χ3n) is 3.21. The van der Waals surface area contributed by atoms with Gasteiger partial charge in [-0.3, -0.25) is 0 Å². The smallest absolute Gasteiger partial charge is 0.343 e. The van der Waals surface area contributed by atoms with Crippen molar-refractivity contribution in [3.8, 4) is 0 Å². The molecule has 3 rings (SSSR count). The number of carbonyl (C=O) groups is 1. The Morgan fingerprint density at radius 3 is 2.61 bits per heavy atom. The molecular formula is C13H13N3O2. The van der Waals surface area contributed by atoms with Crippen LogP contribution in [0.15, 0.2) is 24.3 Å². The second-order valence-electron chi connectivity index (χ2n) is 4.24. The number of imidazole rings is 1. The fraction of sp³-hybridized carbons (Fsp3) is 0.231. The Bertz CT molecular complexity index is 767. The van der Waals surface area contributed by atoms with E-state index in [1.54, 1.807) is 4.52 Å². The maximum absolute atomic E-state index is 11.8. The Morgan fingerprint density at radius 1 is 1.28 bits per heavy atom. The SMILES string of the molecule is COC(=O)c1c(C)nn2c3ccccc3n(C)c12. The second kappa shape index (κ2) is 3.60. The van der Waals surface area contributed by atoms with Gasteiger partial charge in [-0.25, -0.2) is 9.31 Å². The molecule has 0 unspecified atom stereocenters. The molecule has 0 atom stereocenters. The molecule has 3 aromatic rings. The molecule has 18 heavy (non-hydrogen) atoms. The summed E-state index contributed by atoms with van der Waals surface area (Å²) in [6.45, 7) is 1.81. The summed E-state index contributed by atoms with van der Waals surface area (Å²) in [5.41, 5.74) is 3.98. The molecule has 0 radical (unpaired) electrons. The summed E-state index contributed by atoms with van der Waals surface area (Å²) in [6, 6.07) is 7.90. The van der Waals surface area contributed by atoms with Crippen molar-refractivity contribution in [3.05, 3.63) is 35.5 Å². The highest BCUT2D eigenvalue weighted by molar-refractivity contribution is 5.99. The van der Waals surface area contributed by atoms with Gasteiger partial charge in [0.15, 0.2) is 5.65 Å². The van der Waals surface area contributed by atoms with Crippen molar-refractivity contribution in [1.29, 1.82) is 0 Å². The molecule has 0 fully saturated rings. The van der Waals surface area contributed by atoms with Gasteiger partial charge in [0.1, 0.15) is 5.56 Å². The van der Waals surface area contributed by atoms with Crippen LogP contribution in [-0.4, -0.2) is 27.3 Å². The summed E-state index contributed by atoms with van der Waals surface area (Å²) in [6.07, 6.45) is 0. The molecule has 5 heteroatoms. The molecule has 0 amide bonds. The third-order valence-corrected chi connectivity index (χ3v) is 3.21. The Morgan fingerprint density at radius 2 is 1.94 bits per heavy atom. The molecule has 5 nitrogen and oxygen atoms in total. The molecule has 0 aliphatic rings. The summed E-state index contributed by atoms with van der Waals surface area (Å²) < 4.78 is 8.58. The summed E-state index contributed by atoms with van der Waals surface area (Å²) in [5, 5.41) is 4.43. The van der Waals surface area contributed by atoms with Crippen molar-refractivity contribution in [3.63, 3.8) is 0 Å². The Labute approximate surface area is 104 Å². The van der Waals surface area contributed by atoms with Gasteiger partial charge in [0.05, 0.1) is 23.8 Å². The first-order valence-corrected chi connectivity index (χ1v) is 5.66. The molecule has 92 valence electrons. The van der Waals surface area contributed by atoms with Crippen LogP contribution in [0.1, 0.15) is 16.1 Å². The van der Waals surface area contributed by atoms with Crippen molar-refractivity contribution in [2.45, 2.75) is 6.92 Å². The van der Waals surface area contributed by atoms with Crippen LogP contribution in [0.5, 0.6) is 0 Å². The van der Waals surface area contributed by atoms with E-state index in [1.807, 2.05) is 42.8 Å². The predicted molar refractivity (Wildman–Crippen MR) is 67.7 cm³/mol. The minimum atomic E-state index is -0.353. The van der Waals surface area contributed by atoms with Crippen molar-refractivity contribution in [1.82, 2.24) is 14.2 Å². The largest absolute Gasteiger partial charge is 0.465 e. The number of esters is 1. The van der Waals surface area contributed by atoms with Crippen molar-refractivity contribution >= 4 is 22.6 Å². The number of para-hydroxylation sites is 2. The van der Waals surface area contributed by atoms with E-state index in [0.717, 1.165) is 16.7 Å². The van der Waals surface area contributed by atoms with Crippen LogP contribution in [0.2, 0.25) is 0 Å². The molecule has 2 aromatic heterocycles. The zero-order chi connectivity index (χ0) is 12.9. The summed E-state index contributed by atoms with van der Waals surface area (Å²) in [4.78, 5) is 11.8. The van der Waals surface area contributed by atoms with Crippen LogP contribution >= 0.6 is 0 Å². The molecule has 0 aliphatic heterocycles. The molecule has 0 spiro atoms. The van der Waals surface area contributed by atoms with E-state index in [-0.39, 0.29) is 5.97 Å². The predicted octanol–water partition coefficient (Wildman–Crippen LogP) is 1.92. The maximum Gasteiger partial charge on any atom is 0.343 e. The van der Waals surface area contributed by atoms with Crippen molar-refractivity contribution in [2.24, 2.45) is 7.05 Å². The Hall–Kier alpha value is -2.30. The normalized spacial score (nSPS) is 11.3. The molecular weight excluding hydrogens is 230 g/mol. The van der Waals surface area contributed by atoms with E-state index in [0.29, 0.717) is 11.3 Å². The van der Waals surface area contributed by atoms with Gasteiger partial charge in [-0.05, 0) is 19.1 Å². The number of benzene rings is 1. The lowest BCUT2D eigenvalue weighted by Gasteiger charge is -1.99. The summed E-state index contributed by atoms with van der Waals surface area (Å²) in [7, 11) is 3.30. The molecule has 0 saturated heterocycles. The number of aryl methyl sites for hydroxylation is 2. The third kappa shape index (κ3) is 1.21. The summed E-state index contributed by atoms with van der Waals surface area (Å²) >= 11 is 0.